The Morgan fingerprint density at radius 3 is 2.15 bits per heavy atom. The molecule has 2 aromatic carbocycles. The molecule has 0 aliphatic heterocycles. The van der Waals surface area contributed by atoms with Crippen molar-refractivity contribution in [1.29, 1.82) is 0 Å². The topological polar surface area (TPSA) is 0 Å². The Labute approximate surface area is 139 Å². The first-order valence-electron chi connectivity index (χ1n) is 6.33. The van der Waals surface area contributed by atoms with Crippen molar-refractivity contribution in [3.63, 3.8) is 0 Å². The lowest BCUT2D eigenvalue weighted by molar-refractivity contribution is 0.584. The van der Waals surface area contributed by atoms with Crippen molar-refractivity contribution in [2.45, 2.75) is 12.8 Å². The Balaban J connectivity index is 2.13. The van der Waals surface area contributed by atoms with E-state index in [1.165, 1.54) is 0 Å². The molecule has 4 heteroatoms. The molecule has 2 rings (SSSR count). The average molecular weight is 348 g/mol. The zero-order valence-corrected chi connectivity index (χ0v) is 13.8. The van der Waals surface area contributed by atoms with Crippen molar-refractivity contribution in [2.24, 2.45) is 5.92 Å². The molecule has 0 aliphatic carbocycles. The maximum atomic E-state index is 6.20. The Bertz CT molecular complexity index is 580. The van der Waals surface area contributed by atoms with Gasteiger partial charge in [-0.15, -0.1) is 11.6 Å². The number of rotatable bonds is 5. The second-order valence-electron chi connectivity index (χ2n) is 4.76. The zero-order chi connectivity index (χ0) is 14.5. The summed E-state index contributed by atoms with van der Waals surface area (Å²) in [5, 5.41) is 2.19. The summed E-state index contributed by atoms with van der Waals surface area (Å²) in [5.74, 6) is 0.821. The third kappa shape index (κ3) is 4.30. The van der Waals surface area contributed by atoms with Gasteiger partial charge in [0, 0.05) is 20.9 Å². The second-order valence-corrected chi connectivity index (χ2v) is 6.32. The lowest BCUT2D eigenvalue weighted by Gasteiger charge is -2.16. The Kier molecular flexibility index (Phi) is 6.04. The lowest BCUT2D eigenvalue weighted by atomic mass is 9.94. The monoisotopic (exact) mass is 346 g/mol. The largest absolute Gasteiger partial charge is 0.126 e. The molecule has 0 bridgehead atoms. The minimum absolute atomic E-state index is 0.271. The van der Waals surface area contributed by atoms with Gasteiger partial charge >= 0.3 is 0 Å². The van der Waals surface area contributed by atoms with Crippen molar-refractivity contribution >= 4 is 46.4 Å². The lowest BCUT2D eigenvalue weighted by Crippen LogP contribution is -2.11. The minimum atomic E-state index is 0.271. The number of hydrogen-bond donors (Lipinski definition) is 0. The first-order valence-corrected chi connectivity index (χ1v) is 8.00. The van der Waals surface area contributed by atoms with Gasteiger partial charge in [0.2, 0.25) is 0 Å². The van der Waals surface area contributed by atoms with Crippen molar-refractivity contribution in [3.8, 4) is 0 Å². The van der Waals surface area contributed by atoms with Gasteiger partial charge in [0.15, 0.2) is 0 Å². The van der Waals surface area contributed by atoms with Crippen LogP contribution in [0.15, 0.2) is 42.5 Å². The van der Waals surface area contributed by atoms with Crippen LogP contribution in [-0.2, 0) is 12.8 Å². The van der Waals surface area contributed by atoms with Crippen LogP contribution < -0.4 is 0 Å². The highest BCUT2D eigenvalue weighted by Gasteiger charge is 2.13. The summed E-state index contributed by atoms with van der Waals surface area (Å²) in [4.78, 5) is 0. The minimum Gasteiger partial charge on any atom is -0.126 e. The van der Waals surface area contributed by atoms with Gasteiger partial charge in [-0.05, 0) is 54.2 Å². The Hall–Kier alpha value is -0.400. The summed E-state index contributed by atoms with van der Waals surface area (Å²) in [5.41, 5.74) is 2.13. The van der Waals surface area contributed by atoms with Gasteiger partial charge in [-0.3, -0.25) is 0 Å². The molecule has 0 aromatic heterocycles. The number of benzene rings is 2. The fourth-order valence-electron chi connectivity index (χ4n) is 2.17. The number of halogens is 4. The van der Waals surface area contributed by atoms with Gasteiger partial charge < -0.3 is 0 Å². The van der Waals surface area contributed by atoms with Crippen LogP contribution in [0.5, 0.6) is 0 Å². The standard InChI is InChI=1S/C16H14Cl4/c17-10-11(7-12-3-1-2-4-15(12)19)8-13-9-14(18)5-6-16(13)20/h1-6,9,11H,7-8,10H2. The van der Waals surface area contributed by atoms with Crippen LogP contribution in [0.4, 0.5) is 0 Å². The molecule has 20 heavy (non-hydrogen) atoms. The molecular weight excluding hydrogens is 334 g/mol. The fraction of sp³-hybridized carbons (Fsp3) is 0.250. The molecule has 0 saturated carbocycles. The summed E-state index contributed by atoms with van der Waals surface area (Å²) in [6.07, 6.45) is 1.61. The van der Waals surface area contributed by atoms with Crippen molar-refractivity contribution < 1.29 is 0 Å². The first-order chi connectivity index (χ1) is 9.60. The van der Waals surface area contributed by atoms with Crippen LogP contribution in [0.2, 0.25) is 15.1 Å². The van der Waals surface area contributed by atoms with E-state index in [2.05, 4.69) is 0 Å². The van der Waals surface area contributed by atoms with Gasteiger partial charge in [-0.1, -0.05) is 53.0 Å². The molecule has 106 valence electrons. The molecule has 0 saturated heterocycles. The molecule has 0 spiro atoms. The quantitative estimate of drug-likeness (QED) is 0.557. The van der Waals surface area contributed by atoms with E-state index in [4.69, 9.17) is 46.4 Å². The van der Waals surface area contributed by atoms with E-state index >= 15 is 0 Å². The Morgan fingerprint density at radius 2 is 1.45 bits per heavy atom. The predicted octanol–water partition coefficient (Wildman–Crippen LogP) is 6.29. The van der Waals surface area contributed by atoms with Crippen LogP contribution in [0.25, 0.3) is 0 Å². The highest BCUT2D eigenvalue weighted by atomic mass is 35.5. The molecule has 1 unspecified atom stereocenters. The molecule has 0 nitrogen and oxygen atoms in total. The van der Waals surface area contributed by atoms with E-state index in [-0.39, 0.29) is 5.92 Å². The summed E-state index contributed by atoms with van der Waals surface area (Å²) in [6.45, 7) is 0. The molecule has 1 atom stereocenters. The van der Waals surface area contributed by atoms with Crippen LogP contribution >= 0.6 is 46.4 Å². The number of alkyl halides is 1. The van der Waals surface area contributed by atoms with Crippen LogP contribution in [0, 0.1) is 5.92 Å². The molecule has 0 fully saturated rings. The molecule has 2 aromatic rings. The molecule has 0 aliphatic rings. The van der Waals surface area contributed by atoms with Crippen LogP contribution in [0.3, 0.4) is 0 Å². The highest BCUT2D eigenvalue weighted by Crippen LogP contribution is 2.26. The smallest absolute Gasteiger partial charge is 0.0439 e. The normalized spacial score (nSPS) is 12.4. The molecule has 0 N–H and O–H groups in total. The summed E-state index contributed by atoms with van der Waals surface area (Å²) < 4.78 is 0. The van der Waals surface area contributed by atoms with Crippen molar-refractivity contribution in [1.82, 2.24) is 0 Å². The van der Waals surface area contributed by atoms with Gasteiger partial charge in [-0.2, -0.15) is 0 Å². The highest BCUT2D eigenvalue weighted by molar-refractivity contribution is 6.33. The number of hydrogen-bond acceptors (Lipinski definition) is 0. The maximum absolute atomic E-state index is 6.20. The third-order valence-corrected chi connectivity index (χ3v) is 4.61. The zero-order valence-electron chi connectivity index (χ0n) is 10.8. The van der Waals surface area contributed by atoms with E-state index in [1.807, 2.05) is 36.4 Å². The van der Waals surface area contributed by atoms with Gasteiger partial charge in [-0.25, -0.2) is 0 Å². The third-order valence-electron chi connectivity index (χ3n) is 3.20. The van der Waals surface area contributed by atoms with Crippen molar-refractivity contribution in [2.75, 3.05) is 5.88 Å². The molecule has 0 radical (unpaired) electrons. The van der Waals surface area contributed by atoms with Crippen molar-refractivity contribution in [3.05, 3.63) is 68.7 Å². The average Bonchev–Trinajstić information content (AvgIpc) is 2.44. The summed E-state index contributed by atoms with van der Waals surface area (Å²) in [7, 11) is 0. The van der Waals surface area contributed by atoms with E-state index < -0.39 is 0 Å². The fourth-order valence-corrected chi connectivity index (χ4v) is 2.99. The summed E-state index contributed by atoms with van der Waals surface area (Å²) in [6, 6.07) is 13.3. The molecule has 0 amide bonds. The van der Waals surface area contributed by atoms with Crippen LogP contribution in [0.1, 0.15) is 11.1 Å². The van der Waals surface area contributed by atoms with E-state index in [0.717, 1.165) is 34.0 Å². The van der Waals surface area contributed by atoms with Gasteiger partial charge in [0.1, 0.15) is 0 Å². The van der Waals surface area contributed by atoms with E-state index in [9.17, 15) is 0 Å². The van der Waals surface area contributed by atoms with E-state index in [1.54, 1.807) is 6.07 Å². The molecule has 0 heterocycles. The van der Waals surface area contributed by atoms with E-state index in [0.29, 0.717) is 10.9 Å². The van der Waals surface area contributed by atoms with Gasteiger partial charge in [0.05, 0.1) is 0 Å². The molecular formula is C16H14Cl4. The SMILES string of the molecule is ClCC(Cc1ccccc1Cl)Cc1cc(Cl)ccc1Cl. The first kappa shape index (κ1) is 16.0. The second kappa shape index (κ2) is 7.56. The summed E-state index contributed by atoms with van der Waals surface area (Å²) >= 11 is 24.5. The predicted molar refractivity (Wildman–Crippen MR) is 89.5 cm³/mol. The van der Waals surface area contributed by atoms with Gasteiger partial charge in [0.25, 0.3) is 0 Å². The maximum Gasteiger partial charge on any atom is 0.0439 e. The van der Waals surface area contributed by atoms with Crippen LogP contribution in [-0.4, -0.2) is 5.88 Å². The Morgan fingerprint density at radius 1 is 0.800 bits per heavy atom.